The lowest BCUT2D eigenvalue weighted by molar-refractivity contribution is -0.327. The minimum absolute atomic E-state index is 0.0707. The van der Waals surface area contributed by atoms with Crippen molar-refractivity contribution in [1.82, 2.24) is 0 Å². The van der Waals surface area contributed by atoms with E-state index in [4.69, 9.17) is 34.0 Å². The molecule has 0 unspecified atom stereocenters. The van der Waals surface area contributed by atoms with Gasteiger partial charge in [0.25, 0.3) is 0 Å². The molecule has 3 aliphatic rings. The number of hydrogen-bond acceptors (Lipinski definition) is 7. The van der Waals surface area contributed by atoms with Crippen LogP contribution in [0.3, 0.4) is 0 Å². The molecule has 0 amide bonds. The van der Waals surface area contributed by atoms with Crippen molar-refractivity contribution in [3.05, 3.63) is 5.53 Å². The molecule has 1 spiro atoms. The Kier molecular flexibility index (Phi) is 3.83. The van der Waals surface area contributed by atoms with Crippen molar-refractivity contribution in [2.75, 3.05) is 13.2 Å². The van der Waals surface area contributed by atoms with Gasteiger partial charge in [-0.15, -0.1) is 0 Å². The van der Waals surface area contributed by atoms with Crippen LogP contribution >= 0.6 is 0 Å². The number of esters is 1. The number of ether oxygens (including phenoxy) is 6. The third-order valence-electron chi connectivity index (χ3n) is 3.89. The van der Waals surface area contributed by atoms with Crippen LogP contribution in [0.25, 0.3) is 5.53 Å². The van der Waals surface area contributed by atoms with E-state index >= 15 is 0 Å². The van der Waals surface area contributed by atoms with Crippen molar-refractivity contribution in [3.63, 3.8) is 0 Å². The Hall–Kier alpha value is -1.35. The van der Waals surface area contributed by atoms with Gasteiger partial charge >= 0.3 is 12.2 Å². The highest BCUT2D eigenvalue weighted by Crippen LogP contribution is 2.45. The highest BCUT2D eigenvalue weighted by molar-refractivity contribution is 6.20. The zero-order valence-corrected chi connectivity index (χ0v) is 13.5. The molecule has 3 fully saturated rings. The summed E-state index contributed by atoms with van der Waals surface area (Å²) in [7, 11) is 0. The van der Waals surface area contributed by atoms with Crippen LogP contribution in [0.15, 0.2) is 0 Å². The van der Waals surface area contributed by atoms with Crippen molar-refractivity contribution in [2.24, 2.45) is 0 Å². The Bertz CT molecular complexity index is 555. The monoisotopic (exact) mass is 328 g/mol. The van der Waals surface area contributed by atoms with Crippen LogP contribution in [0.4, 0.5) is 0 Å². The molecule has 3 aliphatic heterocycles. The fourth-order valence-electron chi connectivity index (χ4n) is 3.12. The molecule has 0 aliphatic carbocycles. The molecule has 0 radical (unpaired) electrons. The molecule has 0 aromatic heterocycles. The van der Waals surface area contributed by atoms with Crippen molar-refractivity contribution in [3.8, 4) is 0 Å². The molecule has 128 valence electrons. The topological polar surface area (TPSA) is 109 Å². The Labute approximate surface area is 133 Å². The van der Waals surface area contributed by atoms with Gasteiger partial charge in [-0.1, -0.05) is 0 Å². The summed E-state index contributed by atoms with van der Waals surface area (Å²) < 4.78 is 34.3. The predicted octanol–water partition coefficient (Wildman–Crippen LogP) is 0.228. The molecule has 9 nitrogen and oxygen atoms in total. The lowest BCUT2D eigenvalue weighted by Crippen LogP contribution is -2.63. The summed E-state index contributed by atoms with van der Waals surface area (Å²) in [4.78, 5) is 14.5. The SMILES string of the molecule is CC1(C)O[C@@H]2[C@@H](CO[C@]3(COC(C)(C)O3)[C@H]2OC(=O)C=[N+]=[N-])O1. The van der Waals surface area contributed by atoms with E-state index < -0.39 is 41.6 Å². The lowest BCUT2D eigenvalue weighted by atomic mass is 9.97. The standard InChI is InChI=1S/C14H20N2O7/c1-12(2)19-7-14(23-12)11(20-9(17)5-16-15)10-8(6-18-14)21-13(3,4)22-10/h5,8,10-11H,6-7H2,1-4H3/t8-,10-,11+,14+/m1/s1. The first kappa shape index (κ1) is 16.5. The van der Waals surface area contributed by atoms with Crippen LogP contribution in [0, 0.1) is 0 Å². The van der Waals surface area contributed by atoms with Gasteiger partial charge in [0.15, 0.2) is 17.7 Å². The maximum Gasteiger partial charge on any atom is 0.414 e. The zero-order valence-electron chi connectivity index (χ0n) is 13.5. The molecule has 23 heavy (non-hydrogen) atoms. The minimum Gasteiger partial charge on any atom is -0.445 e. The Morgan fingerprint density at radius 3 is 2.57 bits per heavy atom. The normalized spacial score (nSPS) is 40.4. The van der Waals surface area contributed by atoms with Crippen LogP contribution < -0.4 is 0 Å². The van der Waals surface area contributed by atoms with Crippen LogP contribution in [-0.2, 0) is 33.2 Å². The van der Waals surface area contributed by atoms with E-state index in [0.29, 0.717) is 6.21 Å². The van der Waals surface area contributed by atoms with Crippen LogP contribution in [0.5, 0.6) is 0 Å². The molecule has 3 heterocycles. The molecule has 9 heteroatoms. The predicted molar refractivity (Wildman–Crippen MR) is 73.2 cm³/mol. The van der Waals surface area contributed by atoms with Gasteiger partial charge in [-0.3, -0.25) is 0 Å². The van der Waals surface area contributed by atoms with E-state index in [1.807, 2.05) is 0 Å². The fraction of sp³-hybridized carbons (Fsp3) is 0.857. The summed E-state index contributed by atoms with van der Waals surface area (Å²) in [6, 6.07) is 0. The number of fused-ring (bicyclic) bond motifs is 1. The van der Waals surface area contributed by atoms with Gasteiger partial charge in [0.05, 0.1) is 6.61 Å². The van der Waals surface area contributed by atoms with Crippen molar-refractivity contribution in [1.29, 1.82) is 0 Å². The Morgan fingerprint density at radius 2 is 1.96 bits per heavy atom. The number of nitrogens with zero attached hydrogens (tertiary/aromatic N) is 2. The van der Waals surface area contributed by atoms with Gasteiger partial charge in [0.1, 0.15) is 18.8 Å². The number of carbonyl (C=O) groups excluding carboxylic acids is 1. The maximum atomic E-state index is 11.8. The molecule has 0 bridgehead atoms. The third-order valence-corrected chi connectivity index (χ3v) is 3.89. The second-order valence-electron chi connectivity index (χ2n) is 6.65. The highest BCUT2D eigenvalue weighted by Gasteiger charge is 2.64. The smallest absolute Gasteiger partial charge is 0.414 e. The van der Waals surface area contributed by atoms with Crippen LogP contribution in [-0.4, -0.2) is 65.9 Å². The lowest BCUT2D eigenvalue weighted by Gasteiger charge is -2.42. The van der Waals surface area contributed by atoms with Gasteiger partial charge in [-0.2, -0.15) is 4.79 Å². The fourth-order valence-corrected chi connectivity index (χ4v) is 3.12. The molecule has 0 saturated carbocycles. The first-order valence-electron chi connectivity index (χ1n) is 7.38. The molecular weight excluding hydrogens is 308 g/mol. The van der Waals surface area contributed by atoms with Crippen molar-refractivity contribution >= 4 is 12.2 Å². The first-order valence-corrected chi connectivity index (χ1v) is 7.38. The average Bonchev–Trinajstić information content (AvgIpc) is 2.90. The minimum atomic E-state index is -1.30. The third kappa shape index (κ3) is 3.03. The van der Waals surface area contributed by atoms with Crippen LogP contribution in [0.1, 0.15) is 27.7 Å². The van der Waals surface area contributed by atoms with Gasteiger partial charge in [0.2, 0.25) is 5.79 Å². The molecule has 3 saturated heterocycles. The Morgan fingerprint density at radius 1 is 1.22 bits per heavy atom. The quantitative estimate of drug-likeness (QED) is 0.309. The van der Waals surface area contributed by atoms with E-state index in [1.165, 1.54) is 0 Å². The number of carbonyl (C=O) groups is 1. The second kappa shape index (κ2) is 5.34. The second-order valence-corrected chi connectivity index (χ2v) is 6.65. The summed E-state index contributed by atoms with van der Waals surface area (Å²) in [6.45, 7) is 7.29. The van der Waals surface area contributed by atoms with Crippen molar-refractivity contribution < 1.29 is 38.0 Å². The number of rotatable bonds is 2. The maximum absolute atomic E-state index is 11.8. The van der Waals surface area contributed by atoms with Gasteiger partial charge in [-0.05, 0) is 27.7 Å². The molecule has 0 aromatic carbocycles. The summed E-state index contributed by atoms with van der Waals surface area (Å²) in [5.41, 5.74) is 8.50. The number of hydrogen-bond donors (Lipinski definition) is 0. The largest absolute Gasteiger partial charge is 0.445 e. The first-order chi connectivity index (χ1) is 10.7. The summed E-state index contributed by atoms with van der Waals surface area (Å²) in [6.07, 6.45) is -1.28. The molecule has 3 rings (SSSR count). The zero-order chi connectivity index (χ0) is 16.9. The average molecular weight is 328 g/mol. The Balaban J connectivity index is 1.90. The van der Waals surface area contributed by atoms with Gasteiger partial charge in [-0.25, -0.2) is 4.79 Å². The van der Waals surface area contributed by atoms with Crippen molar-refractivity contribution in [2.45, 2.75) is 63.4 Å². The van der Waals surface area contributed by atoms with Crippen LogP contribution in [0.2, 0.25) is 0 Å². The molecule has 4 atom stereocenters. The summed E-state index contributed by atoms with van der Waals surface area (Å²) in [5, 5.41) is 0. The van der Waals surface area contributed by atoms with E-state index in [0.717, 1.165) is 0 Å². The molecule has 0 aromatic rings. The summed E-state index contributed by atoms with van der Waals surface area (Å²) >= 11 is 0. The van der Waals surface area contributed by atoms with E-state index in [9.17, 15) is 4.79 Å². The molecule has 0 N–H and O–H groups in total. The highest BCUT2D eigenvalue weighted by atomic mass is 16.9. The van der Waals surface area contributed by atoms with Gasteiger partial charge in [0, 0.05) is 0 Å². The van der Waals surface area contributed by atoms with E-state index in [-0.39, 0.29) is 13.2 Å². The van der Waals surface area contributed by atoms with E-state index in [2.05, 4.69) is 4.79 Å². The summed E-state index contributed by atoms with van der Waals surface area (Å²) in [5.74, 6) is -3.87. The van der Waals surface area contributed by atoms with E-state index in [1.54, 1.807) is 27.7 Å². The molecular formula is C14H20N2O7. The van der Waals surface area contributed by atoms with Gasteiger partial charge < -0.3 is 34.0 Å².